The van der Waals surface area contributed by atoms with Gasteiger partial charge in [-0.15, -0.1) is 0 Å². The smallest absolute Gasteiger partial charge is 0 e. The van der Waals surface area contributed by atoms with Gasteiger partial charge in [-0.1, -0.05) is 0 Å². The summed E-state index contributed by atoms with van der Waals surface area (Å²) in [6.45, 7) is 0. The van der Waals surface area contributed by atoms with Crippen LogP contribution in [-0.4, -0.2) is 65.2 Å². The Morgan fingerprint density at radius 1 is 1.29 bits per heavy atom. The van der Waals surface area contributed by atoms with Crippen molar-refractivity contribution >= 4 is 55.0 Å². The van der Waals surface area contributed by atoms with Gasteiger partial charge in [-0.3, -0.25) is 0 Å². The van der Waals surface area contributed by atoms with E-state index in [-0.39, 0.29) is 112 Å². The van der Waals surface area contributed by atoms with Crippen molar-refractivity contribution in [1.82, 2.24) is 0 Å². The molecule has 0 aliphatic heterocycles. The minimum Gasteiger partial charge on any atom is 0 e. The Labute approximate surface area is 130 Å². The fourth-order valence-electron chi connectivity index (χ4n) is 0. The van der Waals surface area contributed by atoms with Crippen LogP contribution in [0.2, 0.25) is 0 Å². The van der Waals surface area contributed by atoms with Crippen molar-refractivity contribution < 1.29 is 78.1 Å². The monoisotopic (exact) mass is 461 g/mol. The summed E-state index contributed by atoms with van der Waals surface area (Å²) in [5.41, 5.74) is 0. The predicted octanol–water partition coefficient (Wildman–Crippen LogP) is -0.696. The van der Waals surface area contributed by atoms with Crippen LogP contribution in [0.4, 0.5) is 4.79 Å². The summed E-state index contributed by atoms with van der Waals surface area (Å²) in [7, 11) is 0. The van der Waals surface area contributed by atoms with Crippen molar-refractivity contribution in [3.63, 3.8) is 0 Å². The quantitative estimate of drug-likeness (QED) is 0.470. The first-order valence-electron chi connectivity index (χ1n) is 0.651. The van der Waals surface area contributed by atoms with Gasteiger partial charge in [-0.25, -0.2) is 4.79 Å². The maximum atomic E-state index is 8.56. The number of hydrogen-bond acceptors (Lipinski definition) is 1. The Hall–Kier alpha value is 2.96. The minimum atomic E-state index is -1.83. The zero-order chi connectivity index (χ0) is 3.58. The molecule has 0 aromatic carbocycles. The van der Waals surface area contributed by atoms with Gasteiger partial charge in [0, 0.05) is 63.1 Å². The van der Waals surface area contributed by atoms with E-state index in [0.717, 1.165) is 0 Å². The molecule has 0 aliphatic carbocycles. The molecule has 0 fully saturated rings. The summed E-state index contributed by atoms with van der Waals surface area (Å²) in [5, 5.41) is 13.9. The van der Waals surface area contributed by atoms with Gasteiger partial charge in [0.2, 0.25) is 0 Å². The molecule has 0 unspecified atom stereocenters. The van der Waals surface area contributed by atoms with E-state index in [9.17, 15) is 0 Å². The van der Waals surface area contributed by atoms with Crippen molar-refractivity contribution in [2.24, 2.45) is 0 Å². The van der Waals surface area contributed by atoms with E-state index in [0.29, 0.717) is 0 Å². The molecule has 0 atom stereocenters. The summed E-state index contributed by atoms with van der Waals surface area (Å²) >= 11 is 0. The van der Waals surface area contributed by atoms with Crippen LogP contribution in [0.3, 0.4) is 0 Å². The first kappa shape index (κ1) is 22.5. The van der Waals surface area contributed by atoms with Gasteiger partial charge in [-0.2, -0.15) is 0 Å². The molecule has 0 spiro atoms. The molecule has 1 radical (unpaired) electrons. The summed E-state index contributed by atoms with van der Waals surface area (Å²) in [4.78, 5) is 8.56. The normalized spacial score (nSPS) is 3.43. The van der Waals surface area contributed by atoms with Gasteiger partial charge in [0.1, 0.15) is 0 Å². The second kappa shape index (κ2) is 16.0. The molecule has 45 valence electrons. The Balaban J connectivity index is -0.0000000150. The van der Waals surface area contributed by atoms with Crippen molar-refractivity contribution in [3.8, 4) is 0 Å². The fourth-order valence-corrected chi connectivity index (χ4v) is 0. The van der Waals surface area contributed by atoms with E-state index in [2.05, 4.69) is 0 Å². The number of hydrogen-bond donors (Lipinski definition) is 2. The zero-order valence-electron chi connectivity index (χ0n) is 2.58. The second-order valence-corrected chi connectivity index (χ2v) is 0.283. The van der Waals surface area contributed by atoms with Crippen LogP contribution >= 0.6 is 0 Å². The average molecular weight is 462 g/mol. The van der Waals surface area contributed by atoms with E-state index < -0.39 is 6.16 Å². The molecule has 0 rings (SSSR count). The van der Waals surface area contributed by atoms with Crippen LogP contribution in [0.5, 0.6) is 0 Å². The minimum absolute atomic E-state index is 0. The third-order valence-electron chi connectivity index (χ3n) is 0. The van der Waals surface area contributed by atoms with Crippen LogP contribution in [0.25, 0.3) is 0 Å². The van der Waals surface area contributed by atoms with Gasteiger partial charge < -0.3 is 10.2 Å². The number of carbonyl (C=O) groups is 1. The van der Waals surface area contributed by atoms with Crippen LogP contribution in [-0.2, 0) is 26.2 Å². The van der Waals surface area contributed by atoms with E-state index in [1.165, 1.54) is 0 Å². The van der Waals surface area contributed by atoms with Crippen molar-refractivity contribution in [2.75, 3.05) is 0 Å². The van der Waals surface area contributed by atoms with Crippen molar-refractivity contribution in [2.45, 2.75) is 0 Å². The SMILES string of the molecule is O=C(O)O.[BaH2].[Tm].[Zr]. The molecule has 0 aliphatic rings. The molecule has 6 heteroatoms. The molecular weight excluding hydrogens is 457 g/mol. The van der Waals surface area contributed by atoms with E-state index >= 15 is 0 Å². The Morgan fingerprint density at radius 2 is 1.29 bits per heavy atom. The first-order valence-corrected chi connectivity index (χ1v) is 0.651. The standard InChI is InChI=1S/CH2O3.Ba.Tm.Zr.2H/c2-1(3)4;;;;;/h(H2,2,3,4);;;;;. The van der Waals surface area contributed by atoms with Crippen molar-refractivity contribution in [3.05, 3.63) is 0 Å². The zero-order valence-corrected chi connectivity index (χ0v) is 6.82. The van der Waals surface area contributed by atoms with Gasteiger partial charge in [0.15, 0.2) is 0 Å². The van der Waals surface area contributed by atoms with E-state index in [1.807, 2.05) is 0 Å². The molecule has 2 N–H and O–H groups in total. The molecule has 0 saturated carbocycles. The van der Waals surface area contributed by atoms with Crippen LogP contribution in [0, 0.1) is 36.9 Å². The summed E-state index contributed by atoms with van der Waals surface area (Å²) in [6, 6.07) is 0. The predicted molar refractivity (Wildman–Crippen MR) is 19.2 cm³/mol. The van der Waals surface area contributed by atoms with Gasteiger partial charge in [-0.05, 0) is 0 Å². The van der Waals surface area contributed by atoms with Crippen molar-refractivity contribution in [1.29, 1.82) is 0 Å². The molecule has 0 bridgehead atoms. The summed E-state index contributed by atoms with van der Waals surface area (Å²) < 4.78 is 0. The van der Waals surface area contributed by atoms with Gasteiger partial charge >= 0.3 is 55.0 Å². The average Bonchev–Trinajstić information content (AvgIpc) is 0.811. The topological polar surface area (TPSA) is 57.5 Å². The number of rotatable bonds is 0. The maximum absolute atomic E-state index is 8.56. The van der Waals surface area contributed by atoms with E-state index in [1.54, 1.807) is 0 Å². The van der Waals surface area contributed by atoms with Gasteiger partial charge in [0.25, 0.3) is 0 Å². The molecule has 0 aromatic heterocycles. The van der Waals surface area contributed by atoms with Crippen LogP contribution in [0.15, 0.2) is 0 Å². The van der Waals surface area contributed by atoms with Crippen LogP contribution in [0.1, 0.15) is 0 Å². The molecule has 0 amide bonds. The third-order valence-corrected chi connectivity index (χ3v) is 0. The fraction of sp³-hybridized carbons (Fsp3) is 0. The summed E-state index contributed by atoms with van der Waals surface area (Å²) in [5.74, 6) is 0. The number of carboxylic acid groups (broad SMARTS) is 2. The Morgan fingerprint density at radius 3 is 1.29 bits per heavy atom. The molecule has 3 nitrogen and oxygen atoms in total. The maximum Gasteiger partial charge on any atom is 0 e. The largest absolute Gasteiger partial charge is 0 e. The molecule has 0 aromatic rings. The van der Waals surface area contributed by atoms with Gasteiger partial charge in [0.05, 0.1) is 0 Å². The van der Waals surface area contributed by atoms with Crippen LogP contribution < -0.4 is 0 Å². The summed E-state index contributed by atoms with van der Waals surface area (Å²) in [6.07, 6.45) is -1.83. The molecule has 0 saturated heterocycles. The molecule has 7 heavy (non-hydrogen) atoms. The molecular formula is CH4BaO3TmZr. The molecule has 0 heterocycles. The Bertz CT molecular complexity index is 37.9. The first-order chi connectivity index (χ1) is 1.73. The third kappa shape index (κ3) is 49.6. The van der Waals surface area contributed by atoms with E-state index in [4.69, 9.17) is 15.0 Å². The Kier molecular flexibility index (Phi) is 51.4. The second-order valence-electron chi connectivity index (χ2n) is 0.283.